The van der Waals surface area contributed by atoms with Gasteiger partial charge in [-0.3, -0.25) is 0 Å². The quantitative estimate of drug-likeness (QED) is 0.757. The topological polar surface area (TPSA) is 120 Å². The molecule has 0 fully saturated rings. The van der Waals surface area contributed by atoms with E-state index in [-0.39, 0.29) is 0 Å². The number of halogens is 3. The number of sulfonamides is 1. The molecular weight excluding hydrogens is 297 g/mol. The van der Waals surface area contributed by atoms with Gasteiger partial charge in [0.15, 0.2) is 0 Å². The number of benzene rings is 1. The van der Waals surface area contributed by atoms with Crippen LogP contribution in [0.5, 0.6) is 0 Å². The fourth-order valence-electron chi connectivity index (χ4n) is 1.13. The highest BCUT2D eigenvalue weighted by atomic mass is 32.2. The number of alkyl halides is 3. The van der Waals surface area contributed by atoms with E-state index in [0.717, 1.165) is 12.1 Å². The number of rotatable bonds is 2. The molecule has 11 heteroatoms. The summed E-state index contributed by atoms with van der Waals surface area (Å²) in [6.07, 6.45) is 0. The Morgan fingerprint density at radius 1 is 1.00 bits per heavy atom. The molecule has 102 valence electrons. The van der Waals surface area contributed by atoms with Crippen molar-refractivity contribution in [1.82, 2.24) is 0 Å². The third-order valence-corrected chi connectivity index (χ3v) is 4.44. The van der Waals surface area contributed by atoms with E-state index in [1.54, 1.807) is 0 Å². The van der Waals surface area contributed by atoms with E-state index < -0.39 is 40.8 Å². The maximum absolute atomic E-state index is 12.3. The lowest BCUT2D eigenvalue weighted by Crippen LogP contribution is -2.25. The molecule has 0 aliphatic carbocycles. The summed E-state index contributed by atoms with van der Waals surface area (Å²) >= 11 is 0. The number of nitrogens with two attached hydrogens (primary N) is 2. The molecule has 0 aliphatic rings. The molecule has 1 aromatic rings. The first kappa shape index (κ1) is 14.7. The maximum atomic E-state index is 12.3. The number of sulfone groups is 1. The molecule has 6 nitrogen and oxygen atoms in total. The van der Waals surface area contributed by atoms with Crippen molar-refractivity contribution in [1.29, 1.82) is 0 Å². The Hall–Kier alpha value is -1.33. The molecule has 0 bridgehead atoms. The van der Waals surface area contributed by atoms with Crippen LogP contribution in [0.4, 0.5) is 18.9 Å². The van der Waals surface area contributed by atoms with E-state index in [0.29, 0.717) is 6.07 Å². The molecular formula is C7H7F3N2O4S2. The van der Waals surface area contributed by atoms with Gasteiger partial charge >= 0.3 is 5.51 Å². The molecule has 1 aromatic carbocycles. The molecule has 0 aliphatic heterocycles. The zero-order valence-corrected chi connectivity index (χ0v) is 10.1. The molecule has 0 aromatic heterocycles. The highest BCUT2D eigenvalue weighted by molar-refractivity contribution is 7.92. The number of primary sulfonamides is 1. The van der Waals surface area contributed by atoms with Crippen molar-refractivity contribution in [2.45, 2.75) is 15.3 Å². The molecule has 0 saturated heterocycles. The van der Waals surface area contributed by atoms with Gasteiger partial charge in [-0.15, -0.1) is 0 Å². The van der Waals surface area contributed by atoms with Crippen LogP contribution in [-0.2, 0) is 19.9 Å². The molecule has 0 spiro atoms. The highest BCUT2D eigenvalue weighted by Crippen LogP contribution is 2.35. The van der Waals surface area contributed by atoms with Crippen molar-refractivity contribution in [3.8, 4) is 0 Å². The van der Waals surface area contributed by atoms with Gasteiger partial charge in [0, 0.05) is 0 Å². The SMILES string of the molecule is Nc1c(S(N)(=O)=O)cccc1S(=O)(=O)C(F)(F)F. The fraction of sp³-hybridized carbons (Fsp3) is 0.143. The molecule has 0 atom stereocenters. The smallest absolute Gasteiger partial charge is 0.397 e. The van der Waals surface area contributed by atoms with E-state index in [1.807, 2.05) is 0 Å². The van der Waals surface area contributed by atoms with Crippen LogP contribution in [0.3, 0.4) is 0 Å². The van der Waals surface area contributed by atoms with Crippen molar-refractivity contribution in [2.24, 2.45) is 5.14 Å². The van der Waals surface area contributed by atoms with Gasteiger partial charge in [0.2, 0.25) is 10.0 Å². The monoisotopic (exact) mass is 304 g/mol. The minimum Gasteiger partial charge on any atom is -0.397 e. The van der Waals surface area contributed by atoms with E-state index in [9.17, 15) is 30.0 Å². The lowest BCUT2D eigenvalue weighted by Gasteiger charge is -2.12. The van der Waals surface area contributed by atoms with E-state index in [4.69, 9.17) is 10.9 Å². The summed E-state index contributed by atoms with van der Waals surface area (Å²) in [7, 11) is -10.2. The first-order valence-electron chi connectivity index (χ1n) is 4.11. The van der Waals surface area contributed by atoms with Crippen LogP contribution in [-0.4, -0.2) is 22.3 Å². The van der Waals surface area contributed by atoms with Gasteiger partial charge in [-0.2, -0.15) is 13.2 Å². The second-order valence-corrected chi connectivity index (χ2v) is 6.60. The molecule has 0 heterocycles. The van der Waals surface area contributed by atoms with Crippen LogP contribution in [0, 0.1) is 0 Å². The number of anilines is 1. The summed E-state index contributed by atoms with van der Waals surface area (Å²) in [5, 5.41) is 4.69. The average Bonchev–Trinajstić information content (AvgIpc) is 2.13. The average molecular weight is 304 g/mol. The highest BCUT2D eigenvalue weighted by Gasteiger charge is 2.48. The fourth-order valence-corrected chi connectivity index (χ4v) is 2.79. The van der Waals surface area contributed by atoms with E-state index >= 15 is 0 Å². The van der Waals surface area contributed by atoms with Gasteiger partial charge in [0.1, 0.15) is 9.79 Å². The molecule has 0 unspecified atom stereocenters. The Kier molecular flexibility index (Phi) is 3.36. The summed E-state index contributed by atoms with van der Waals surface area (Å²) < 4.78 is 81.1. The van der Waals surface area contributed by atoms with Gasteiger partial charge in [-0.1, -0.05) is 6.07 Å². The molecule has 18 heavy (non-hydrogen) atoms. The van der Waals surface area contributed by atoms with Gasteiger partial charge in [-0.25, -0.2) is 22.0 Å². The number of hydrogen-bond donors (Lipinski definition) is 2. The molecule has 0 radical (unpaired) electrons. The largest absolute Gasteiger partial charge is 0.501 e. The van der Waals surface area contributed by atoms with Crippen LogP contribution >= 0.6 is 0 Å². The first-order chi connectivity index (χ1) is 7.89. The first-order valence-corrected chi connectivity index (χ1v) is 7.14. The second-order valence-electron chi connectivity index (χ2n) is 3.16. The third-order valence-electron chi connectivity index (χ3n) is 1.93. The van der Waals surface area contributed by atoms with Crippen molar-refractivity contribution in [3.63, 3.8) is 0 Å². The van der Waals surface area contributed by atoms with Crippen LogP contribution in [0.2, 0.25) is 0 Å². The number of nitrogen functional groups attached to an aromatic ring is 1. The van der Waals surface area contributed by atoms with Crippen LogP contribution in [0.15, 0.2) is 28.0 Å². The van der Waals surface area contributed by atoms with E-state index in [1.165, 1.54) is 0 Å². The van der Waals surface area contributed by atoms with Gasteiger partial charge in [-0.05, 0) is 12.1 Å². The van der Waals surface area contributed by atoms with Crippen LogP contribution in [0.1, 0.15) is 0 Å². The second kappa shape index (κ2) is 4.10. The van der Waals surface area contributed by atoms with Crippen molar-refractivity contribution in [2.75, 3.05) is 5.73 Å². The van der Waals surface area contributed by atoms with Gasteiger partial charge < -0.3 is 5.73 Å². The van der Waals surface area contributed by atoms with Crippen LogP contribution in [0.25, 0.3) is 0 Å². The Labute approximate surface area is 100 Å². The Balaban J connectivity index is 3.68. The predicted molar refractivity (Wildman–Crippen MR) is 55.5 cm³/mol. The minimum atomic E-state index is -5.73. The van der Waals surface area contributed by atoms with Crippen LogP contribution < -0.4 is 10.9 Å². The summed E-state index contributed by atoms with van der Waals surface area (Å²) in [5.74, 6) is 0. The summed E-state index contributed by atoms with van der Waals surface area (Å²) in [4.78, 5) is -2.23. The summed E-state index contributed by atoms with van der Waals surface area (Å²) in [6.45, 7) is 0. The lowest BCUT2D eigenvalue weighted by atomic mass is 10.3. The summed E-state index contributed by atoms with van der Waals surface area (Å²) in [6, 6.07) is 2.15. The Bertz CT molecular complexity index is 679. The molecule has 0 amide bonds. The number of hydrogen-bond acceptors (Lipinski definition) is 5. The molecule has 0 saturated carbocycles. The standard InChI is InChI=1S/C7H7F3N2O4S2/c8-7(9,10)17(13,14)4-2-1-3-5(6(4)11)18(12,15)16/h1-3H,11H2,(H2,12,15,16). The Morgan fingerprint density at radius 2 is 1.44 bits per heavy atom. The van der Waals surface area contributed by atoms with E-state index in [2.05, 4.69) is 0 Å². The lowest BCUT2D eigenvalue weighted by molar-refractivity contribution is -0.0435. The predicted octanol–water partition coefficient (Wildman–Crippen LogP) is 0.210. The van der Waals surface area contributed by atoms with Gasteiger partial charge in [0.25, 0.3) is 9.84 Å². The summed E-state index contributed by atoms with van der Waals surface area (Å²) in [5.41, 5.74) is -1.53. The normalized spacial score (nSPS) is 13.6. The minimum absolute atomic E-state index is 0.548. The zero-order valence-electron chi connectivity index (χ0n) is 8.47. The maximum Gasteiger partial charge on any atom is 0.501 e. The van der Waals surface area contributed by atoms with Crippen molar-refractivity contribution in [3.05, 3.63) is 18.2 Å². The van der Waals surface area contributed by atoms with Gasteiger partial charge in [0.05, 0.1) is 5.69 Å². The molecule has 1 rings (SSSR count). The van der Waals surface area contributed by atoms with Crippen molar-refractivity contribution < 1.29 is 30.0 Å². The number of para-hydroxylation sites is 1. The third kappa shape index (κ3) is 2.42. The van der Waals surface area contributed by atoms with Crippen molar-refractivity contribution >= 4 is 25.5 Å². The Morgan fingerprint density at radius 3 is 1.83 bits per heavy atom. The molecule has 4 N–H and O–H groups in total. The zero-order chi connectivity index (χ0) is 14.4.